The predicted molar refractivity (Wildman–Crippen MR) is 86.8 cm³/mol. The lowest BCUT2D eigenvalue weighted by atomic mass is 10.1. The quantitative estimate of drug-likeness (QED) is 0.837. The third kappa shape index (κ3) is 3.35. The second kappa shape index (κ2) is 7.49. The van der Waals surface area contributed by atoms with E-state index in [1.807, 2.05) is 11.0 Å². The molecule has 1 aromatic rings. The van der Waals surface area contributed by atoms with Crippen LogP contribution in [0.4, 0.5) is 0 Å². The van der Waals surface area contributed by atoms with E-state index in [2.05, 4.69) is 18.7 Å². The van der Waals surface area contributed by atoms with Gasteiger partial charge < -0.3 is 14.4 Å². The molecule has 0 aromatic heterocycles. The van der Waals surface area contributed by atoms with E-state index in [1.54, 1.807) is 26.4 Å². The number of methoxy groups -OCH3 is 2. The maximum Gasteiger partial charge on any atom is 0.261 e. The molecule has 1 aliphatic heterocycles. The first-order valence-electron chi connectivity index (χ1n) is 7.86. The number of carbonyl (C=O) groups is 1. The van der Waals surface area contributed by atoms with Crippen molar-refractivity contribution in [3.05, 3.63) is 23.8 Å². The summed E-state index contributed by atoms with van der Waals surface area (Å²) < 4.78 is 10.7. The highest BCUT2D eigenvalue weighted by atomic mass is 16.5. The molecule has 22 heavy (non-hydrogen) atoms. The number of piperazine rings is 1. The van der Waals surface area contributed by atoms with E-state index in [9.17, 15) is 4.79 Å². The molecule has 5 nitrogen and oxygen atoms in total. The molecule has 0 radical (unpaired) electrons. The van der Waals surface area contributed by atoms with Gasteiger partial charge in [0.05, 0.1) is 14.2 Å². The Morgan fingerprint density at radius 1 is 1.14 bits per heavy atom. The van der Waals surface area contributed by atoms with E-state index >= 15 is 0 Å². The Hall–Kier alpha value is -1.75. The molecule has 1 fully saturated rings. The Morgan fingerprint density at radius 3 is 2.14 bits per heavy atom. The second-order valence-corrected chi connectivity index (χ2v) is 5.62. The molecule has 0 saturated carbocycles. The van der Waals surface area contributed by atoms with E-state index in [-0.39, 0.29) is 5.91 Å². The van der Waals surface area contributed by atoms with E-state index in [0.29, 0.717) is 23.1 Å². The first-order chi connectivity index (χ1) is 10.6. The van der Waals surface area contributed by atoms with Gasteiger partial charge in [-0.25, -0.2) is 0 Å². The van der Waals surface area contributed by atoms with Crippen molar-refractivity contribution in [3.63, 3.8) is 0 Å². The van der Waals surface area contributed by atoms with E-state index in [1.165, 1.54) is 0 Å². The van der Waals surface area contributed by atoms with Gasteiger partial charge in [-0.3, -0.25) is 9.69 Å². The van der Waals surface area contributed by atoms with Crippen LogP contribution < -0.4 is 9.47 Å². The molecule has 1 unspecified atom stereocenters. The lowest BCUT2D eigenvalue weighted by Gasteiger charge is -2.38. The summed E-state index contributed by atoms with van der Waals surface area (Å²) in [5, 5.41) is 0. The fourth-order valence-corrected chi connectivity index (χ4v) is 2.84. The summed E-state index contributed by atoms with van der Waals surface area (Å²) in [7, 11) is 3.15. The number of hydrogen-bond acceptors (Lipinski definition) is 4. The maximum absolute atomic E-state index is 12.9. The smallest absolute Gasteiger partial charge is 0.261 e. The van der Waals surface area contributed by atoms with Crippen molar-refractivity contribution in [1.82, 2.24) is 9.80 Å². The molecular formula is C17H26N2O3. The van der Waals surface area contributed by atoms with Crippen molar-refractivity contribution in [1.29, 1.82) is 0 Å². The molecule has 1 heterocycles. The van der Waals surface area contributed by atoms with Gasteiger partial charge in [0, 0.05) is 32.2 Å². The van der Waals surface area contributed by atoms with Crippen LogP contribution in [0.3, 0.4) is 0 Å². The normalized spacial score (nSPS) is 17.2. The van der Waals surface area contributed by atoms with Crippen LogP contribution in [0.2, 0.25) is 0 Å². The Balaban J connectivity index is 2.13. The number of nitrogens with zero attached hydrogens (tertiary/aromatic N) is 2. The fourth-order valence-electron chi connectivity index (χ4n) is 2.84. The molecule has 0 aliphatic carbocycles. The topological polar surface area (TPSA) is 42.0 Å². The molecule has 0 spiro atoms. The molecule has 122 valence electrons. The number of benzene rings is 1. The third-order valence-corrected chi connectivity index (χ3v) is 4.46. The van der Waals surface area contributed by atoms with Crippen LogP contribution in [-0.4, -0.2) is 62.1 Å². The minimum Gasteiger partial charge on any atom is -0.496 e. The zero-order valence-electron chi connectivity index (χ0n) is 14.0. The van der Waals surface area contributed by atoms with Gasteiger partial charge in [-0.05, 0) is 25.5 Å². The molecular weight excluding hydrogens is 280 g/mol. The monoisotopic (exact) mass is 306 g/mol. The van der Waals surface area contributed by atoms with Crippen LogP contribution in [0.25, 0.3) is 0 Å². The van der Waals surface area contributed by atoms with Gasteiger partial charge >= 0.3 is 0 Å². The highest BCUT2D eigenvalue weighted by Gasteiger charge is 2.28. The number of hydrogen-bond donors (Lipinski definition) is 0. The minimum absolute atomic E-state index is 0.0156. The van der Waals surface area contributed by atoms with E-state index in [0.717, 1.165) is 32.6 Å². The van der Waals surface area contributed by atoms with Crippen LogP contribution >= 0.6 is 0 Å². The molecule has 1 saturated heterocycles. The van der Waals surface area contributed by atoms with Crippen LogP contribution in [0, 0.1) is 0 Å². The van der Waals surface area contributed by atoms with Gasteiger partial charge in [0.2, 0.25) is 0 Å². The summed E-state index contributed by atoms with van der Waals surface area (Å²) in [6, 6.07) is 5.99. The molecule has 1 aliphatic rings. The van der Waals surface area contributed by atoms with Gasteiger partial charge in [-0.15, -0.1) is 0 Å². The molecule has 0 N–H and O–H groups in total. The minimum atomic E-state index is -0.0156. The zero-order chi connectivity index (χ0) is 16.1. The second-order valence-electron chi connectivity index (χ2n) is 5.62. The fraction of sp³-hybridized carbons (Fsp3) is 0.588. The molecule has 1 amide bonds. The molecule has 1 aromatic carbocycles. The van der Waals surface area contributed by atoms with Crippen molar-refractivity contribution in [3.8, 4) is 11.5 Å². The van der Waals surface area contributed by atoms with Crippen LogP contribution in [0.5, 0.6) is 11.5 Å². The lowest BCUT2D eigenvalue weighted by Crippen LogP contribution is -2.51. The Labute approximate surface area is 132 Å². The number of amides is 1. The summed E-state index contributed by atoms with van der Waals surface area (Å²) in [6.07, 6.45) is 1.13. The van der Waals surface area contributed by atoms with E-state index < -0.39 is 0 Å². The average Bonchev–Trinajstić information content (AvgIpc) is 2.59. The Bertz CT molecular complexity index is 488. The van der Waals surface area contributed by atoms with Crippen molar-refractivity contribution in [2.24, 2.45) is 0 Å². The first-order valence-corrected chi connectivity index (χ1v) is 7.86. The summed E-state index contributed by atoms with van der Waals surface area (Å²) in [4.78, 5) is 17.2. The van der Waals surface area contributed by atoms with Crippen molar-refractivity contribution < 1.29 is 14.3 Å². The predicted octanol–water partition coefficient (Wildman–Crippen LogP) is 2.26. The number of carbonyl (C=O) groups excluding carboxylic acids is 1. The van der Waals surface area contributed by atoms with Gasteiger partial charge in [-0.2, -0.15) is 0 Å². The Kier molecular flexibility index (Phi) is 5.66. The summed E-state index contributed by atoms with van der Waals surface area (Å²) in [5.74, 6) is 1.11. The van der Waals surface area contributed by atoms with Crippen molar-refractivity contribution in [2.75, 3.05) is 40.4 Å². The lowest BCUT2D eigenvalue weighted by molar-refractivity contribution is 0.0573. The molecule has 2 rings (SSSR count). The highest BCUT2D eigenvalue weighted by Crippen LogP contribution is 2.30. The summed E-state index contributed by atoms with van der Waals surface area (Å²) in [5.41, 5.74) is 0.518. The largest absolute Gasteiger partial charge is 0.496 e. The van der Waals surface area contributed by atoms with Crippen LogP contribution in [0.1, 0.15) is 30.6 Å². The summed E-state index contributed by atoms with van der Waals surface area (Å²) >= 11 is 0. The molecule has 0 bridgehead atoms. The van der Waals surface area contributed by atoms with Gasteiger partial charge in [0.25, 0.3) is 5.91 Å². The molecule has 1 atom stereocenters. The Morgan fingerprint density at radius 2 is 1.68 bits per heavy atom. The number of rotatable bonds is 5. The zero-order valence-corrected chi connectivity index (χ0v) is 14.0. The third-order valence-electron chi connectivity index (χ3n) is 4.46. The first kappa shape index (κ1) is 16.6. The van der Waals surface area contributed by atoms with Crippen LogP contribution in [-0.2, 0) is 0 Å². The van der Waals surface area contributed by atoms with Crippen molar-refractivity contribution >= 4 is 5.91 Å². The van der Waals surface area contributed by atoms with Crippen LogP contribution in [0.15, 0.2) is 18.2 Å². The maximum atomic E-state index is 12.9. The van der Waals surface area contributed by atoms with Gasteiger partial charge in [0.15, 0.2) is 0 Å². The SMILES string of the molecule is CCC(C)N1CCN(C(=O)c2c(OC)cccc2OC)CC1. The number of ether oxygens (including phenoxy) is 2. The van der Waals surface area contributed by atoms with Gasteiger partial charge in [-0.1, -0.05) is 13.0 Å². The van der Waals surface area contributed by atoms with Gasteiger partial charge in [0.1, 0.15) is 17.1 Å². The average molecular weight is 306 g/mol. The summed E-state index contributed by atoms with van der Waals surface area (Å²) in [6.45, 7) is 7.74. The highest BCUT2D eigenvalue weighted by molar-refractivity contribution is 5.99. The standard InChI is InChI=1S/C17H26N2O3/c1-5-13(2)18-9-11-19(12-10-18)17(20)16-14(21-3)7-6-8-15(16)22-4/h6-8,13H,5,9-12H2,1-4H3. The molecule has 5 heteroatoms. The van der Waals surface area contributed by atoms with Crippen molar-refractivity contribution in [2.45, 2.75) is 26.3 Å². The van der Waals surface area contributed by atoms with E-state index in [4.69, 9.17) is 9.47 Å².